The molecule has 2 rings (SSSR count). The number of aliphatic hydroxyl groups is 1. The molecule has 5 nitrogen and oxygen atoms in total. The average Bonchev–Trinajstić information content (AvgIpc) is 2.38. The lowest BCUT2D eigenvalue weighted by Gasteiger charge is -2.47. The highest BCUT2D eigenvalue weighted by molar-refractivity contribution is 5.82. The summed E-state index contributed by atoms with van der Waals surface area (Å²) in [5.41, 5.74) is -0.734. The van der Waals surface area contributed by atoms with E-state index in [0.717, 1.165) is 45.6 Å². The lowest BCUT2D eigenvalue weighted by atomic mass is 9.86. The van der Waals surface area contributed by atoms with Gasteiger partial charge in [0.05, 0.1) is 24.2 Å². The van der Waals surface area contributed by atoms with Gasteiger partial charge in [-0.1, -0.05) is 0 Å². The third kappa shape index (κ3) is 3.09. The number of carbonyl (C=O) groups is 1. The zero-order chi connectivity index (χ0) is 14.1. The Bertz CT molecular complexity index is 336. The highest BCUT2D eigenvalue weighted by atomic mass is 16.5. The van der Waals surface area contributed by atoms with E-state index in [1.165, 1.54) is 0 Å². The van der Waals surface area contributed by atoms with E-state index in [9.17, 15) is 9.90 Å². The first-order valence-corrected chi connectivity index (χ1v) is 7.11. The van der Waals surface area contributed by atoms with E-state index in [1.54, 1.807) is 13.8 Å². The van der Waals surface area contributed by atoms with E-state index < -0.39 is 5.41 Å². The third-order valence-electron chi connectivity index (χ3n) is 4.38. The molecule has 1 N–H and O–H groups in total. The van der Waals surface area contributed by atoms with Crippen molar-refractivity contribution in [3.05, 3.63) is 0 Å². The number of nitrogens with zero attached hydrogens (tertiary/aromatic N) is 2. The molecule has 2 fully saturated rings. The van der Waals surface area contributed by atoms with Crippen LogP contribution in [0.2, 0.25) is 0 Å². The number of likely N-dealkylation sites (N-methyl/N-ethyl adjacent to an activating group) is 1. The second-order valence-electron chi connectivity index (χ2n) is 6.60. The van der Waals surface area contributed by atoms with Crippen LogP contribution < -0.4 is 0 Å². The number of carbonyl (C=O) groups excluding carboxylic acids is 1. The van der Waals surface area contributed by atoms with Gasteiger partial charge in [-0.2, -0.15) is 0 Å². The molecule has 0 aromatic carbocycles. The lowest BCUT2D eigenvalue weighted by molar-refractivity contribution is -0.156. The van der Waals surface area contributed by atoms with Gasteiger partial charge in [0.15, 0.2) is 0 Å². The van der Waals surface area contributed by atoms with Crippen LogP contribution in [0.25, 0.3) is 0 Å². The summed E-state index contributed by atoms with van der Waals surface area (Å²) in [5, 5.41) is 9.29. The summed E-state index contributed by atoms with van der Waals surface area (Å²) >= 11 is 0. The average molecular weight is 270 g/mol. The fourth-order valence-corrected chi connectivity index (χ4v) is 2.95. The van der Waals surface area contributed by atoms with Gasteiger partial charge in [0.2, 0.25) is 5.91 Å². The summed E-state index contributed by atoms with van der Waals surface area (Å²) < 4.78 is 5.99. The summed E-state index contributed by atoms with van der Waals surface area (Å²) in [4.78, 5) is 16.5. The molecule has 0 aromatic heterocycles. The van der Waals surface area contributed by atoms with E-state index in [0.29, 0.717) is 0 Å². The van der Waals surface area contributed by atoms with Crippen LogP contribution in [0.5, 0.6) is 0 Å². The number of hydrogen-bond donors (Lipinski definition) is 1. The molecule has 0 aliphatic carbocycles. The number of aliphatic hydroxyl groups excluding tert-OH is 1. The molecule has 110 valence electrons. The predicted octanol–water partition coefficient (Wildman–Crippen LogP) is 0.328. The van der Waals surface area contributed by atoms with Crippen LogP contribution in [0.4, 0.5) is 0 Å². The van der Waals surface area contributed by atoms with Gasteiger partial charge in [0.1, 0.15) is 0 Å². The van der Waals surface area contributed by atoms with Crippen LogP contribution in [0.3, 0.4) is 0 Å². The van der Waals surface area contributed by atoms with Crippen molar-refractivity contribution in [2.75, 3.05) is 46.4 Å². The Balaban J connectivity index is 1.94. The number of ether oxygens (including phenoxy) is 1. The number of morpholine rings is 1. The molecule has 5 heteroatoms. The van der Waals surface area contributed by atoms with Gasteiger partial charge in [-0.3, -0.25) is 4.79 Å². The van der Waals surface area contributed by atoms with Gasteiger partial charge in [0.25, 0.3) is 0 Å². The van der Waals surface area contributed by atoms with E-state index >= 15 is 0 Å². The first-order valence-electron chi connectivity index (χ1n) is 7.11. The Morgan fingerprint density at radius 3 is 2.47 bits per heavy atom. The zero-order valence-electron chi connectivity index (χ0n) is 12.3. The minimum Gasteiger partial charge on any atom is -0.395 e. The second-order valence-corrected chi connectivity index (χ2v) is 6.60. The van der Waals surface area contributed by atoms with Crippen LogP contribution in [0, 0.1) is 5.41 Å². The van der Waals surface area contributed by atoms with Crippen molar-refractivity contribution in [3.63, 3.8) is 0 Å². The summed E-state index contributed by atoms with van der Waals surface area (Å²) in [6.07, 6.45) is 1.79. The van der Waals surface area contributed by atoms with Crippen molar-refractivity contribution in [2.24, 2.45) is 5.41 Å². The quantitative estimate of drug-likeness (QED) is 0.785. The van der Waals surface area contributed by atoms with E-state index in [-0.39, 0.29) is 18.1 Å². The van der Waals surface area contributed by atoms with Crippen molar-refractivity contribution in [2.45, 2.75) is 32.3 Å². The molecular formula is C14H26N2O3. The maximum atomic E-state index is 12.3. The highest BCUT2D eigenvalue weighted by Gasteiger charge is 2.41. The van der Waals surface area contributed by atoms with Gasteiger partial charge < -0.3 is 19.6 Å². The van der Waals surface area contributed by atoms with E-state index in [4.69, 9.17) is 4.74 Å². The maximum Gasteiger partial charge on any atom is 0.230 e. The number of rotatable bonds is 2. The summed E-state index contributed by atoms with van der Waals surface area (Å²) in [6, 6.07) is 0. The molecule has 0 unspecified atom stereocenters. The Labute approximate surface area is 115 Å². The zero-order valence-corrected chi connectivity index (χ0v) is 12.3. The molecular weight excluding hydrogens is 244 g/mol. The largest absolute Gasteiger partial charge is 0.395 e. The Kier molecular flexibility index (Phi) is 4.18. The van der Waals surface area contributed by atoms with Gasteiger partial charge in [-0.25, -0.2) is 0 Å². The molecule has 2 aliphatic rings. The van der Waals surface area contributed by atoms with Crippen molar-refractivity contribution >= 4 is 5.91 Å². The van der Waals surface area contributed by atoms with Crippen molar-refractivity contribution in [3.8, 4) is 0 Å². The SMILES string of the molecule is CN1CCOC2(CCN(C(=O)C(C)(C)CO)CC2)C1. The van der Waals surface area contributed by atoms with Gasteiger partial charge in [-0.05, 0) is 33.7 Å². The standard InChI is InChI=1S/C14H26N2O3/c1-13(2,11-17)12(18)16-6-4-14(5-7-16)10-15(3)8-9-19-14/h17H,4-11H2,1-3H3. The monoisotopic (exact) mass is 270 g/mol. The lowest BCUT2D eigenvalue weighted by Crippen LogP contribution is -2.58. The number of amides is 1. The van der Waals surface area contributed by atoms with Crippen molar-refractivity contribution in [1.82, 2.24) is 9.80 Å². The third-order valence-corrected chi connectivity index (χ3v) is 4.38. The molecule has 19 heavy (non-hydrogen) atoms. The first kappa shape index (κ1) is 14.8. The summed E-state index contributed by atoms with van der Waals surface area (Å²) in [7, 11) is 2.12. The van der Waals surface area contributed by atoms with Crippen LogP contribution in [0.1, 0.15) is 26.7 Å². The first-order chi connectivity index (χ1) is 8.88. The minimum atomic E-state index is -0.672. The molecule has 0 bridgehead atoms. The Hall–Kier alpha value is -0.650. The number of likely N-dealkylation sites (tertiary alicyclic amines) is 1. The smallest absolute Gasteiger partial charge is 0.230 e. The van der Waals surface area contributed by atoms with Gasteiger partial charge >= 0.3 is 0 Å². The van der Waals surface area contributed by atoms with Crippen molar-refractivity contribution in [1.29, 1.82) is 0 Å². The summed E-state index contributed by atoms with van der Waals surface area (Å²) in [5.74, 6) is 0.0500. The molecule has 0 radical (unpaired) electrons. The van der Waals surface area contributed by atoms with Crippen LogP contribution in [-0.2, 0) is 9.53 Å². The van der Waals surface area contributed by atoms with Crippen LogP contribution in [0.15, 0.2) is 0 Å². The molecule has 1 spiro atoms. The van der Waals surface area contributed by atoms with Gasteiger partial charge in [-0.15, -0.1) is 0 Å². The van der Waals surface area contributed by atoms with Gasteiger partial charge in [0, 0.05) is 26.2 Å². The molecule has 0 saturated carbocycles. The van der Waals surface area contributed by atoms with Crippen molar-refractivity contribution < 1.29 is 14.6 Å². The Morgan fingerprint density at radius 2 is 1.95 bits per heavy atom. The molecule has 0 atom stereocenters. The maximum absolute atomic E-state index is 12.3. The topological polar surface area (TPSA) is 53.0 Å². The Morgan fingerprint density at radius 1 is 1.32 bits per heavy atom. The molecule has 1 amide bonds. The predicted molar refractivity (Wildman–Crippen MR) is 72.9 cm³/mol. The summed E-state index contributed by atoms with van der Waals surface area (Å²) in [6.45, 7) is 7.68. The van der Waals surface area contributed by atoms with E-state index in [2.05, 4.69) is 11.9 Å². The highest BCUT2D eigenvalue weighted by Crippen LogP contribution is 2.31. The van der Waals surface area contributed by atoms with Crippen LogP contribution >= 0.6 is 0 Å². The molecule has 2 saturated heterocycles. The molecule has 2 aliphatic heterocycles. The van der Waals surface area contributed by atoms with E-state index in [1.807, 2.05) is 4.90 Å². The fraction of sp³-hybridized carbons (Fsp3) is 0.929. The van der Waals surface area contributed by atoms with Crippen LogP contribution in [-0.4, -0.2) is 72.9 Å². The molecule has 2 heterocycles. The minimum absolute atomic E-state index is 0.0500. The fourth-order valence-electron chi connectivity index (χ4n) is 2.95. The normalized spacial score (nSPS) is 24.7. The second kappa shape index (κ2) is 5.38. The molecule has 0 aromatic rings. The number of hydrogen-bond acceptors (Lipinski definition) is 4. The number of piperidine rings is 1.